The van der Waals surface area contributed by atoms with Crippen LogP contribution in [0.4, 0.5) is 0 Å². The van der Waals surface area contributed by atoms with Gasteiger partial charge in [-0.2, -0.15) is 0 Å². The first-order valence-electron chi connectivity index (χ1n) is 7.57. The third-order valence-corrected chi connectivity index (χ3v) is 4.39. The molecule has 0 aromatic carbocycles. The Bertz CT molecular complexity index is 352. The van der Waals surface area contributed by atoms with Crippen molar-refractivity contribution in [2.75, 3.05) is 14.2 Å². The van der Waals surface area contributed by atoms with E-state index in [1.807, 2.05) is 13.8 Å². The molecule has 1 aliphatic rings. The summed E-state index contributed by atoms with van der Waals surface area (Å²) in [5.41, 5.74) is 0. The number of carbonyl (C=O) groups is 2. The Labute approximate surface area is 130 Å². The van der Waals surface area contributed by atoms with Crippen molar-refractivity contribution >= 4 is 11.9 Å². The molecule has 1 aliphatic carbocycles. The van der Waals surface area contributed by atoms with Gasteiger partial charge in [0.15, 0.2) is 0 Å². The van der Waals surface area contributed by atoms with Crippen LogP contribution in [0.15, 0.2) is 0 Å². The molecule has 5 atom stereocenters. The van der Waals surface area contributed by atoms with Gasteiger partial charge in [-0.15, -0.1) is 0 Å². The highest BCUT2D eigenvalue weighted by Crippen LogP contribution is 2.36. The quantitative estimate of drug-likeness (QED) is 0.697. The van der Waals surface area contributed by atoms with Crippen molar-refractivity contribution in [2.24, 2.45) is 11.8 Å². The van der Waals surface area contributed by atoms with Crippen molar-refractivity contribution in [1.82, 2.24) is 0 Å². The van der Waals surface area contributed by atoms with Gasteiger partial charge in [-0.05, 0) is 19.3 Å². The van der Waals surface area contributed by atoms with E-state index >= 15 is 0 Å². The second-order valence-electron chi connectivity index (χ2n) is 5.57. The maximum Gasteiger partial charge on any atom is 0.309 e. The molecule has 0 heterocycles. The predicted octanol–water partition coefficient (Wildman–Crippen LogP) is 1.40. The molecular weight excluding hydrogens is 292 g/mol. The third kappa shape index (κ3) is 3.97. The molecule has 0 aromatic heterocycles. The molecule has 0 aromatic rings. The minimum Gasteiger partial charge on any atom is -0.481 e. The summed E-state index contributed by atoms with van der Waals surface area (Å²) in [6, 6.07) is 0. The average molecular weight is 318 g/mol. The van der Waals surface area contributed by atoms with Crippen molar-refractivity contribution in [3.8, 4) is 0 Å². The lowest BCUT2D eigenvalue weighted by atomic mass is 9.75. The number of hydrogen-bond donors (Lipinski definition) is 2. The molecule has 0 radical (unpaired) electrons. The van der Waals surface area contributed by atoms with Crippen LogP contribution in [-0.4, -0.2) is 60.8 Å². The smallest absolute Gasteiger partial charge is 0.309 e. The second kappa shape index (κ2) is 8.45. The van der Waals surface area contributed by atoms with Gasteiger partial charge in [-0.3, -0.25) is 9.59 Å². The van der Waals surface area contributed by atoms with Gasteiger partial charge in [-0.1, -0.05) is 13.8 Å². The lowest BCUT2D eigenvalue weighted by molar-refractivity contribution is -0.208. The fourth-order valence-electron chi connectivity index (χ4n) is 3.12. The highest BCUT2D eigenvalue weighted by Gasteiger charge is 2.51. The van der Waals surface area contributed by atoms with Gasteiger partial charge in [-0.25, -0.2) is 0 Å². The highest BCUT2D eigenvalue weighted by atomic mass is 16.6. The number of aliphatic carboxylic acids is 2. The number of rotatable bonds is 8. The van der Waals surface area contributed by atoms with Crippen LogP contribution in [0.1, 0.15) is 33.1 Å². The average Bonchev–Trinajstić information content (AvgIpc) is 2.50. The Morgan fingerprint density at radius 1 is 0.955 bits per heavy atom. The van der Waals surface area contributed by atoms with E-state index in [1.165, 1.54) is 14.2 Å². The minimum atomic E-state index is -1.08. The van der Waals surface area contributed by atoms with E-state index in [0.29, 0.717) is 0 Å². The van der Waals surface area contributed by atoms with Crippen molar-refractivity contribution in [1.29, 1.82) is 0 Å². The molecule has 1 unspecified atom stereocenters. The van der Waals surface area contributed by atoms with Crippen LogP contribution in [0.2, 0.25) is 0 Å². The van der Waals surface area contributed by atoms with Crippen molar-refractivity contribution in [3.05, 3.63) is 0 Å². The zero-order chi connectivity index (χ0) is 16.9. The molecule has 0 amide bonds. The second-order valence-corrected chi connectivity index (χ2v) is 5.57. The lowest BCUT2D eigenvalue weighted by Gasteiger charge is -2.43. The van der Waals surface area contributed by atoms with Crippen LogP contribution in [0.3, 0.4) is 0 Å². The van der Waals surface area contributed by atoms with E-state index in [2.05, 4.69) is 0 Å². The summed E-state index contributed by atoms with van der Waals surface area (Å²) in [4.78, 5) is 23.0. The normalized spacial score (nSPS) is 32.1. The molecule has 1 fully saturated rings. The number of methoxy groups -OCH3 is 2. The standard InChI is InChI=1S/C15H26O7/c1-5-8(6-2)22-13-11(20-3)9(14(16)17)7-10(15(18)19)12(13)21-4/h8-13H,5-7H2,1-4H3,(H,16,17)(H,18,19)/t9-,10+,11-,12+,13?. The molecule has 0 spiro atoms. The summed E-state index contributed by atoms with van der Waals surface area (Å²) >= 11 is 0. The molecule has 7 nitrogen and oxygen atoms in total. The van der Waals surface area contributed by atoms with Gasteiger partial charge in [0, 0.05) is 14.2 Å². The van der Waals surface area contributed by atoms with E-state index < -0.39 is 42.1 Å². The zero-order valence-corrected chi connectivity index (χ0v) is 13.5. The van der Waals surface area contributed by atoms with Crippen LogP contribution in [0, 0.1) is 11.8 Å². The maximum atomic E-state index is 11.5. The van der Waals surface area contributed by atoms with Gasteiger partial charge in [0.2, 0.25) is 0 Å². The summed E-state index contributed by atoms with van der Waals surface area (Å²) in [5, 5.41) is 18.8. The maximum absolute atomic E-state index is 11.5. The molecule has 0 aliphatic heterocycles. The third-order valence-electron chi connectivity index (χ3n) is 4.39. The van der Waals surface area contributed by atoms with Crippen molar-refractivity contribution in [2.45, 2.75) is 57.5 Å². The fraction of sp³-hybridized carbons (Fsp3) is 0.867. The van der Waals surface area contributed by atoms with Gasteiger partial charge in [0.1, 0.15) is 6.10 Å². The largest absolute Gasteiger partial charge is 0.481 e. The molecule has 22 heavy (non-hydrogen) atoms. The van der Waals surface area contributed by atoms with E-state index in [-0.39, 0.29) is 12.5 Å². The van der Waals surface area contributed by atoms with E-state index in [1.54, 1.807) is 0 Å². The Morgan fingerprint density at radius 3 is 1.64 bits per heavy atom. The van der Waals surface area contributed by atoms with Gasteiger partial charge in [0.05, 0.1) is 30.1 Å². The lowest BCUT2D eigenvalue weighted by Crippen LogP contribution is -2.58. The summed E-state index contributed by atoms with van der Waals surface area (Å²) in [7, 11) is 2.83. The number of ether oxygens (including phenoxy) is 3. The van der Waals surface area contributed by atoms with Crippen LogP contribution < -0.4 is 0 Å². The molecule has 2 N–H and O–H groups in total. The van der Waals surface area contributed by atoms with Gasteiger partial charge >= 0.3 is 11.9 Å². The molecule has 0 bridgehead atoms. The number of carboxylic acid groups (broad SMARTS) is 2. The summed E-state index contributed by atoms with van der Waals surface area (Å²) in [6.45, 7) is 3.92. The minimum absolute atomic E-state index is 0.0372. The summed E-state index contributed by atoms with van der Waals surface area (Å²) in [6.07, 6.45) is -0.842. The SMILES string of the molecule is CCC(CC)OC1[C@@H](OC)[C@@H](C(=O)O)C[C@@H](C(=O)O)[C@H]1OC. The first kappa shape index (κ1) is 18.9. The summed E-state index contributed by atoms with van der Waals surface area (Å²) < 4.78 is 16.7. The van der Waals surface area contributed by atoms with E-state index in [4.69, 9.17) is 14.2 Å². The molecule has 128 valence electrons. The van der Waals surface area contributed by atoms with Crippen LogP contribution >= 0.6 is 0 Å². The molecule has 1 rings (SSSR count). The topological polar surface area (TPSA) is 102 Å². The molecular formula is C15H26O7. The van der Waals surface area contributed by atoms with E-state index in [0.717, 1.165) is 12.8 Å². The van der Waals surface area contributed by atoms with Crippen LogP contribution in [0.5, 0.6) is 0 Å². The fourth-order valence-corrected chi connectivity index (χ4v) is 3.12. The Morgan fingerprint density at radius 2 is 1.36 bits per heavy atom. The first-order valence-corrected chi connectivity index (χ1v) is 7.57. The van der Waals surface area contributed by atoms with Crippen LogP contribution in [0.25, 0.3) is 0 Å². The van der Waals surface area contributed by atoms with Gasteiger partial charge < -0.3 is 24.4 Å². The van der Waals surface area contributed by atoms with Crippen LogP contribution in [-0.2, 0) is 23.8 Å². The van der Waals surface area contributed by atoms with Crippen molar-refractivity contribution < 1.29 is 34.0 Å². The number of hydrogen-bond acceptors (Lipinski definition) is 5. The number of carboxylic acids is 2. The Balaban J connectivity index is 3.14. The Hall–Kier alpha value is -1.18. The Kier molecular flexibility index (Phi) is 7.25. The highest BCUT2D eigenvalue weighted by molar-refractivity contribution is 5.75. The molecule has 1 saturated carbocycles. The molecule has 0 saturated heterocycles. The first-order chi connectivity index (χ1) is 10.4. The van der Waals surface area contributed by atoms with Gasteiger partial charge in [0.25, 0.3) is 0 Å². The van der Waals surface area contributed by atoms with E-state index in [9.17, 15) is 19.8 Å². The monoisotopic (exact) mass is 318 g/mol. The zero-order valence-electron chi connectivity index (χ0n) is 13.5. The summed E-state index contributed by atoms with van der Waals surface area (Å²) in [5.74, 6) is -4.02. The predicted molar refractivity (Wildman–Crippen MR) is 77.7 cm³/mol. The van der Waals surface area contributed by atoms with Crippen molar-refractivity contribution in [3.63, 3.8) is 0 Å². The molecule has 7 heteroatoms.